The zero-order valence-corrected chi connectivity index (χ0v) is 12.3. The van der Waals surface area contributed by atoms with Crippen LogP contribution in [-0.4, -0.2) is 16.1 Å². The van der Waals surface area contributed by atoms with Crippen molar-refractivity contribution in [3.05, 3.63) is 40.4 Å². The van der Waals surface area contributed by atoms with Gasteiger partial charge in [0.25, 0.3) is 0 Å². The van der Waals surface area contributed by atoms with Gasteiger partial charge in [-0.2, -0.15) is 0 Å². The number of rotatable bonds is 2. The van der Waals surface area contributed by atoms with Gasteiger partial charge in [0.05, 0.1) is 21.8 Å². The van der Waals surface area contributed by atoms with Crippen molar-refractivity contribution in [2.45, 2.75) is 33.1 Å². The van der Waals surface area contributed by atoms with Gasteiger partial charge in [-0.25, -0.2) is 4.79 Å². The van der Waals surface area contributed by atoms with Crippen LogP contribution in [0.2, 0.25) is 0 Å². The summed E-state index contributed by atoms with van der Waals surface area (Å²) in [4.78, 5) is 17.0. The molecule has 2 aromatic heterocycles. The molecule has 3 nitrogen and oxygen atoms in total. The van der Waals surface area contributed by atoms with Crippen molar-refractivity contribution in [2.24, 2.45) is 0 Å². The lowest BCUT2D eigenvalue weighted by atomic mass is 9.88. The fourth-order valence-electron chi connectivity index (χ4n) is 1.97. The maximum atomic E-state index is 11.3. The zero-order valence-electron chi connectivity index (χ0n) is 11.5. The molecular formula is C15H17NO2S. The first kappa shape index (κ1) is 13.7. The number of nitrogens with zero attached hydrogens (tertiary/aromatic N) is 1. The molecule has 0 bridgehead atoms. The van der Waals surface area contributed by atoms with E-state index < -0.39 is 5.97 Å². The van der Waals surface area contributed by atoms with Crippen LogP contribution in [0.1, 0.15) is 42.4 Å². The Kier molecular flexibility index (Phi) is 3.45. The molecule has 0 aliphatic rings. The SMILES string of the molecule is Cc1ccsc1-c1ccc(C(=O)O)c(C(C)(C)C)n1. The minimum Gasteiger partial charge on any atom is -0.478 e. The molecule has 4 heteroatoms. The Morgan fingerprint density at radius 3 is 2.42 bits per heavy atom. The number of pyridine rings is 1. The molecule has 0 atom stereocenters. The summed E-state index contributed by atoms with van der Waals surface area (Å²) in [6, 6.07) is 5.49. The fourth-order valence-corrected chi connectivity index (χ4v) is 2.86. The zero-order chi connectivity index (χ0) is 14.2. The van der Waals surface area contributed by atoms with Crippen LogP contribution in [0.25, 0.3) is 10.6 Å². The van der Waals surface area contributed by atoms with E-state index in [0.29, 0.717) is 5.69 Å². The summed E-state index contributed by atoms with van der Waals surface area (Å²) in [5.41, 5.74) is 2.63. The maximum absolute atomic E-state index is 11.3. The molecule has 0 saturated heterocycles. The fraction of sp³-hybridized carbons (Fsp3) is 0.333. The van der Waals surface area contributed by atoms with Crippen molar-refractivity contribution >= 4 is 17.3 Å². The van der Waals surface area contributed by atoms with Gasteiger partial charge in [0, 0.05) is 5.41 Å². The molecule has 0 aliphatic heterocycles. The van der Waals surface area contributed by atoms with E-state index in [9.17, 15) is 9.90 Å². The third kappa shape index (κ3) is 2.68. The summed E-state index contributed by atoms with van der Waals surface area (Å²) in [7, 11) is 0. The van der Waals surface area contributed by atoms with E-state index in [1.807, 2.05) is 39.1 Å². The minimum absolute atomic E-state index is 0.283. The lowest BCUT2D eigenvalue weighted by Crippen LogP contribution is -2.19. The monoisotopic (exact) mass is 275 g/mol. The van der Waals surface area contributed by atoms with Crippen molar-refractivity contribution in [1.29, 1.82) is 0 Å². The van der Waals surface area contributed by atoms with Gasteiger partial charge >= 0.3 is 5.97 Å². The van der Waals surface area contributed by atoms with Gasteiger partial charge in [-0.3, -0.25) is 4.98 Å². The molecule has 0 unspecified atom stereocenters. The van der Waals surface area contributed by atoms with E-state index in [1.54, 1.807) is 23.5 Å². The van der Waals surface area contributed by atoms with Crippen LogP contribution >= 0.6 is 11.3 Å². The van der Waals surface area contributed by atoms with E-state index in [-0.39, 0.29) is 11.0 Å². The average molecular weight is 275 g/mol. The number of carboxylic acid groups (broad SMARTS) is 1. The first-order valence-corrected chi connectivity index (χ1v) is 6.98. The quantitative estimate of drug-likeness (QED) is 0.897. The summed E-state index contributed by atoms with van der Waals surface area (Å²) in [6.45, 7) is 7.97. The molecule has 0 fully saturated rings. The van der Waals surface area contributed by atoms with Crippen molar-refractivity contribution in [2.75, 3.05) is 0 Å². The van der Waals surface area contributed by atoms with Gasteiger partial charge in [-0.15, -0.1) is 11.3 Å². The van der Waals surface area contributed by atoms with Crippen LogP contribution in [-0.2, 0) is 5.41 Å². The van der Waals surface area contributed by atoms with Gasteiger partial charge in [0.2, 0.25) is 0 Å². The van der Waals surface area contributed by atoms with E-state index in [0.717, 1.165) is 10.6 Å². The van der Waals surface area contributed by atoms with Crippen LogP contribution in [0, 0.1) is 6.92 Å². The molecule has 19 heavy (non-hydrogen) atoms. The Hall–Kier alpha value is -1.68. The highest BCUT2D eigenvalue weighted by atomic mass is 32.1. The Morgan fingerprint density at radius 2 is 1.95 bits per heavy atom. The smallest absolute Gasteiger partial charge is 0.337 e. The number of aryl methyl sites for hydroxylation is 1. The predicted octanol–water partition coefficient (Wildman–Crippen LogP) is 4.11. The van der Waals surface area contributed by atoms with Crippen molar-refractivity contribution < 1.29 is 9.90 Å². The van der Waals surface area contributed by atoms with Crippen LogP contribution < -0.4 is 0 Å². The molecule has 0 aliphatic carbocycles. The maximum Gasteiger partial charge on any atom is 0.337 e. The highest BCUT2D eigenvalue weighted by Crippen LogP contribution is 2.31. The normalized spacial score (nSPS) is 11.6. The second-order valence-electron chi connectivity index (χ2n) is 5.58. The largest absolute Gasteiger partial charge is 0.478 e. The number of aromatic carboxylic acids is 1. The first-order valence-electron chi connectivity index (χ1n) is 6.10. The number of aromatic nitrogens is 1. The Morgan fingerprint density at radius 1 is 1.26 bits per heavy atom. The number of hydrogen-bond donors (Lipinski definition) is 1. The van der Waals surface area contributed by atoms with Crippen molar-refractivity contribution in [3.8, 4) is 10.6 Å². The molecule has 2 rings (SSSR count). The summed E-state index contributed by atoms with van der Waals surface area (Å²) >= 11 is 1.63. The summed E-state index contributed by atoms with van der Waals surface area (Å²) < 4.78 is 0. The summed E-state index contributed by atoms with van der Waals surface area (Å²) in [5, 5.41) is 11.3. The van der Waals surface area contributed by atoms with Crippen molar-refractivity contribution in [1.82, 2.24) is 4.98 Å². The molecule has 0 aromatic carbocycles. The molecule has 0 spiro atoms. The van der Waals surface area contributed by atoms with E-state index in [4.69, 9.17) is 0 Å². The molecular weight excluding hydrogens is 258 g/mol. The molecule has 0 amide bonds. The average Bonchev–Trinajstić information content (AvgIpc) is 2.73. The minimum atomic E-state index is -0.924. The Balaban J connectivity index is 2.63. The van der Waals surface area contributed by atoms with Crippen molar-refractivity contribution in [3.63, 3.8) is 0 Å². The number of hydrogen-bond acceptors (Lipinski definition) is 3. The summed E-state index contributed by atoms with van der Waals surface area (Å²) in [6.07, 6.45) is 0. The first-order chi connectivity index (χ1) is 8.80. The number of carboxylic acids is 1. The predicted molar refractivity (Wildman–Crippen MR) is 77.9 cm³/mol. The topological polar surface area (TPSA) is 50.2 Å². The summed E-state index contributed by atoms with van der Waals surface area (Å²) in [5.74, 6) is -0.924. The van der Waals surface area contributed by atoms with E-state index in [1.165, 1.54) is 5.56 Å². The second-order valence-corrected chi connectivity index (χ2v) is 6.50. The van der Waals surface area contributed by atoms with Gasteiger partial charge in [-0.1, -0.05) is 20.8 Å². The molecule has 2 heterocycles. The third-order valence-corrected chi connectivity index (χ3v) is 3.97. The van der Waals surface area contributed by atoms with Crippen LogP contribution in [0.15, 0.2) is 23.6 Å². The number of carbonyl (C=O) groups is 1. The third-order valence-electron chi connectivity index (χ3n) is 2.93. The lowest BCUT2D eigenvalue weighted by Gasteiger charge is -2.20. The van der Waals surface area contributed by atoms with E-state index in [2.05, 4.69) is 4.98 Å². The van der Waals surface area contributed by atoms with E-state index >= 15 is 0 Å². The van der Waals surface area contributed by atoms with Gasteiger partial charge in [0.15, 0.2) is 0 Å². The van der Waals surface area contributed by atoms with Crippen LogP contribution in [0.4, 0.5) is 0 Å². The highest BCUT2D eigenvalue weighted by molar-refractivity contribution is 7.13. The molecule has 100 valence electrons. The number of thiophene rings is 1. The lowest BCUT2D eigenvalue weighted by molar-refractivity contribution is 0.0693. The van der Waals surface area contributed by atoms with Crippen LogP contribution in [0.3, 0.4) is 0 Å². The Bertz CT molecular complexity index is 623. The van der Waals surface area contributed by atoms with Crippen LogP contribution in [0.5, 0.6) is 0 Å². The molecule has 0 radical (unpaired) electrons. The van der Waals surface area contributed by atoms with Gasteiger partial charge in [-0.05, 0) is 36.1 Å². The molecule has 1 N–H and O–H groups in total. The highest BCUT2D eigenvalue weighted by Gasteiger charge is 2.24. The second kappa shape index (κ2) is 4.78. The standard InChI is InChI=1S/C15H17NO2S/c1-9-7-8-19-12(9)11-6-5-10(14(17)18)13(16-11)15(2,3)4/h5-8H,1-4H3,(H,17,18). The van der Waals surface area contributed by atoms with Gasteiger partial charge in [0.1, 0.15) is 0 Å². The molecule has 0 saturated carbocycles. The molecule has 2 aromatic rings. The Labute approximate surface area is 116 Å². The van der Waals surface area contributed by atoms with Gasteiger partial charge < -0.3 is 5.11 Å².